The van der Waals surface area contributed by atoms with Crippen LogP contribution in [0.5, 0.6) is 0 Å². The Kier molecular flexibility index (Phi) is 5.01. The highest BCUT2D eigenvalue weighted by molar-refractivity contribution is 7.19. The first-order valence-electron chi connectivity index (χ1n) is 12.3. The molecule has 0 fully saturated rings. The molecule has 0 spiro atoms. The Morgan fingerprint density at radius 2 is 1.74 bits per heavy atom. The lowest BCUT2D eigenvalue weighted by Gasteiger charge is -2.22. The van der Waals surface area contributed by atoms with Gasteiger partial charge < -0.3 is 4.42 Å². The van der Waals surface area contributed by atoms with Crippen molar-refractivity contribution in [2.45, 2.75) is 53.4 Å². The van der Waals surface area contributed by atoms with Gasteiger partial charge in [-0.05, 0) is 76.2 Å². The van der Waals surface area contributed by atoms with Crippen molar-refractivity contribution in [2.75, 3.05) is 0 Å². The van der Waals surface area contributed by atoms with E-state index in [1.54, 1.807) is 6.33 Å². The van der Waals surface area contributed by atoms with E-state index >= 15 is 0 Å². The topological polar surface area (TPSA) is 38.9 Å². The van der Waals surface area contributed by atoms with Crippen LogP contribution in [0, 0.1) is 12.8 Å². The van der Waals surface area contributed by atoms with E-state index < -0.39 is 0 Å². The highest BCUT2D eigenvalue weighted by atomic mass is 32.1. The number of furan rings is 1. The Bertz CT molecular complexity index is 1750. The summed E-state index contributed by atoms with van der Waals surface area (Å²) >= 11 is 1.89. The van der Waals surface area contributed by atoms with Gasteiger partial charge in [-0.2, -0.15) is 0 Å². The minimum absolute atomic E-state index is 0.00694. The number of hydrogen-bond acceptors (Lipinski definition) is 4. The summed E-state index contributed by atoms with van der Waals surface area (Å²) in [5.74, 6) is 0.635. The van der Waals surface area contributed by atoms with Gasteiger partial charge in [0.25, 0.3) is 0 Å². The van der Waals surface area contributed by atoms with Crippen molar-refractivity contribution in [3.05, 3.63) is 70.9 Å². The van der Waals surface area contributed by atoms with E-state index in [2.05, 4.69) is 95.1 Å². The number of hydrogen-bond donors (Lipinski definition) is 0. The van der Waals surface area contributed by atoms with Crippen molar-refractivity contribution in [1.29, 1.82) is 0 Å². The molecule has 176 valence electrons. The molecule has 6 rings (SSSR count). The Hall–Kier alpha value is -3.24. The molecule has 0 radical (unpaired) electrons. The summed E-state index contributed by atoms with van der Waals surface area (Å²) in [6.45, 7) is 13.6. The fourth-order valence-corrected chi connectivity index (χ4v) is 6.66. The van der Waals surface area contributed by atoms with Crippen molar-refractivity contribution in [3.8, 4) is 11.3 Å². The first-order valence-corrected chi connectivity index (χ1v) is 13.1. The van der Waals surface area contributed by atoms with Crippen molar-refractivity contribution < 1.29 is 4.42 Å². The third-order valence-corrected chi connectivity index (χ3v) is 8.24. The molecule has 0 saturated carbocycles. The third kappa shape index (κ3) is 3.63. The lowest BCUT2D eigenvalue weighted by atomic mass is 9.82. The van der Waals surface area contributed by atoms with Gasteiger partial charge in [-0.15, -0.1) is 11.3 Å². The van der Waals surface area contributed by atoms with Crippen LogP contribution < -0.4 is 0 Å². The van der Waals surface area contributed by atoms with E-state index in [0.717, 1.165) is 34.0 Å². The SMILES string of the molecule is Cc1c(CC(C)C)sc2cc3oc4ncnc(-c5cc(C(C)(C)C)c6ccccc6c5)c4c3cc12. The molecule has 0 amide bonds. The van der Waals surface area contributed by atoms with Gasteiger partial charge in [-0.25, -0.2) is 9.97 Å². The van der Waals surface area contributed by atoms with Gasteiger partial charge in [0.15, 0.2) is 0 Å². The van der Waals surface area contributed by atoms with Crippen molar-refractivity contribution in [3.63, 3.8) is 0 Å². The molecule has 35 heavy (non-hydrogen) atoms. The van der Waals surface area contributed by atoms with Crippen LogP contribution in [-0.2, 0) is 11.8 Å². The lowest BCUT2D eigenvalue weighted by molar-refractivity contribution is 0.596. The summed E-state index contributed by atoms with van der Waals surface area (Å²) in [5, 5.41) is 5.91. The first-order chi connectivity index (χ1) is 16.7. The number of fused-ring (bicyclic) bond motifs is 5. The standard InChI is InChI=1S/C31H30N2OS/c1-17(2)11-26-18(3)22-14-23-25(15-27(22)35-26)34-30-28(23)29(32-16-33-30)20-12-19-9-7-8-10-21(19)24(13-20)31(4,5)6/h7-10,12-17H,11H2,1-6H3. The minimum atomic E-state index is 0.00694. The maximum Gasteiger partial charge on any atom is 0.230 e. The van der Waals surface area contributed by atoms with Gasteiger partial charge in [0.1, 0.15) is 11.9 Å². The molecule has 0 aliphatic heterocycles. The molecule has 3 heterocycles. The van der Waals surface area contributed by atoms with Gasteiger partial charge in [-0.3, -0.25) is 0 Å². The average molecular weight is 479 g/mol. The lowest BCUT2D eigenvalue weighted by Crippen LogP contribution is -2.12. The first kappa shape index (κ1) is 22.2. The molecule has 0 bridgehead atoms. The van der Waals surface area contributed by atoms with E-state index in [4.69, 9.17) is 9.40 Å². The molecule has 4 heteroatoms. The Labute approximate surface area is 209 Å². The van der Waals surface area contributed by atoms with E-state index in [0.29, 0.717) is 11.6 Å². The summed E-state index contributed by atoms with van der Waals surface area (Å²) in [6, 6.07) is 17.7. The molecular weight excluding hydrogens is 448 g/mol. The molecule has 0 unspecified atom stereocenters. The molecule has 6 aromatic rings. The summed E-state index contributed by atoms with van der Waals surface area (Å²) in [6.07, 6.45) is 2.73. The molecule has 3 aromatic carbocycles. The molecular formula is C31H30N2OS. The Morgan fingerprint density at radius 1 is 0.943 bits per heavy atom. The fourth-order valence-electron chi connectivity index (χ4n) is 5.22. The molecule has 0 aliphatic rings. The van der Waals surface area contributed by atoms with Crippen LogP contribution in [0.3, 0.4) is 0 Å². The maximum absolute atomic E-state index is 6.29. The predicted molar refractivity (Wildman–Crippen MR) is 150 cm³/mol. The number of aromatic nitrogens is 2. The molecule has 0 aliphatic carbocycles. The molecule has 3 aromatic heterocycles. The van der Waals surface area contributed by atoms with E-state index in [1.165, 1.54) is 36.9 Å². The van der Waals surface area contributed by atoms with Gasteiger partial charge >= 0.3 is 0 Å². The summed E-state index contributed by atoms with van der Waals surface area (Å²) in [4.78, 5) is 10.8. The van der Waals surface area contributed by atoms with Crippen LogP contribution in [0.2, 0.25) is 0 Å². The fraction of sp³-hybridized carbons (Fsp3) is 0.290. The number of nitrogens with zero attached hydrogens (tertiary/aromatic N) is 2. The van der Waals surface area contributed by atoms with Gasteiger partial charge in [0.05, 0.1) is 11.1 Å². The average Bonchev–Trinajstić information content (AvgIpc) is 3.32. The monoisotopic (exact) mass is 478 g/mol. The van der Waals surface area contributed by atoms with Crippen LogP contribution in [-0.4, -0.2) is 9.97 Å². The van der Waals surface area contributed by atoms with Gasteiger partial charge in [-0.1, -0.05) is 58.9 Å². The smallest absolute Gasteiger partial charge is 0.230 e. The van der Waals surface area contributed by atoms with E-state index in [9.17, 15) is 0 Å². The highest BCUT2D eigenvalue weighted by Crippen LogP contribution is 2.42. The van der Waals surface area contributed by atoms with Crippen LogP contribution >= 0.6 is 11.3 Å². The molecule has 0 saturated heterocycles. The number of thiophene rings is 1. The zero-order valence-corrected chi connectivity index (χ0v) is 22.0. The maximum atomic E-state index is 6.29. The van der Waals surface area contributed by atoms with Crippen LogP contribution in [0.15, 0.2) is 59.3 Å². The van der Waals surface area contributed by atoms with Crippen LogP contribution in [0.25, 0.3) is 54.2 Å². The second-order valence-electron chi connectivity index (χ2n) is 11.1. The van der Waals surface area contributed by atoms with E-state index in [-0.39, 0.29) is 5.41 Å². The van der Waals surface area contributed by atoms with Gasteiger partial charge in [0.2, 0.25) is 5.71 Å². The second kappa shape index (κ2) is 7.89. The third-order valence-electron chi connectivity index (χ3n) is 6.96. The quantitative estimate of drug-likeness (QED) is 0.254. The van der Waals surface area contributed by atoms with Crippen molar-refractivity contribution in [2.24, 2.45) is 5.92 Å². The zero-order valence-electron chi connectivity index (χ0n) is 21.2. The van der Waals surface area contributed by atoms with Crippen LogP contribution in [0.1, 0.15) is 50.6 Å². The number of benzene rings is 3. The second-order valence-corrected chi connectivity index (χ2v) is 12.2. The van der Waals surface area contributed by atoms with Crippen molar-refractivity contribution >= 4 is 54.3 Å². The van der Waals surface area contributed by atoms with E-state index in [1.807, 2.05) is 11.3 Å². The molecule has 0 N–H and O–H groups in total. The van der Waals surface area contributed by atoms with Crippen molar-refractivity contribution in [1.82, 2.24) is 9.97 Å². The zero-order chi connectivity index (χ0) is 24.5. The van der Waals surface area contributed by atoms with Crippen LogP contribution in [0.4, 0.5) is 0 Å². The molecule has 3 nitrogen and oxygen atoms in total. The predicted octanol–water partition coefficient (Wildman–Crippen LogP) is 9.22. The minimum Gasteiger partial charge on any atom is -0.438 e. The number of rotatable bonds is 3. The number of aryl methyl sites for hydroxylation is 1. The summed E-state index contributed by atoms with van der Waals surface area (Å²) < 4.78 is 7.57. The Morgan fingerprint density at radius 3 is 2.51 bits per heavy atom. The van der Waals surface area contributed by atoms with Gasteiger partial charge in [0, 0.05) is 20.5 Å². The summed E-state index contributed by atoms with van der Waals surface area (Å²) in [7, 11) is 0. The largest absolute Gasteiger partial charge is 0.438 e. The highest BCUT2D eigenvalue weighted by Gasteiger charge is 2.22. The molecule has 0 atom stereocenters. The Balaban J connectivity index is 1.65. The summed E-state index contributed by atoms with van der Waals surface area (Å²) in [5.41, 5.74) is 6.27. The normalized spacial score (nSPS) is 12.7.